The average Bonchev–Trinajstić information content (AvgIpc) is 2.58. The number of phenolic OH excluding ortho intramolecular Hbond substituents is 4. The summed E-state index contributed by atoms with van der Waals surface area (Å²) >= 11 is 0. The molecule has 4 rings (SSSR count). The molecule has 0 fully saturated rings. The maximum Gasteiger partial charge on any atom is 0.157 e. The third kappa shape index (κ3) is 2.42. The molecular formula is C23H28O4. The topological polar surface area (TPSA) is 80.9 Å². The van der Waals surface area contributed by atoms with E-state index in [4.69, 9.17) is 0 Å². The molecule has 4 N–H and O–H groups in total. The quantitative estimate of drug-likeness (QED) is 0.497. The first-order chi connectivity index (χ1) is 12.5. The van der Waals surface area contributed by atoms with Crippen molar-refractivity contribution in [1.29, 1.82) is 0 Å². The van der Waals surface area contributed by atoms with Crippen LogP contribution >= 0.6 is 0 Å². The molecule has 2 aromatic carbocycles. The Balaban J connectivity index is 2.06. The van der Waals surface area contributed by atoms with Crippen LogP contribution < -0.4 is 0 Å². The van der Waals surface area contributed by atoms with Crippen molar-refractivity contribution >= 4 is 0 Å². The van der Waals surface area contributed by atoms with Gasteiger partial charge in [-0.1, -0.05) is 27.7 Å². The van der Waals surface area contributed by atoms with Gasteiger partial charge in [-0.15, -0.1) is 0 Å². The molecule has 0 unspecified atom stereocenters. The summed E-state index contributed by atoms with van der Waals surface area (Å²) in [4.78, 5) is 0. The number of hydrogen-bond acceptors (Lipinski definition) is 4. The summed E-state index contributed by atoms with van der Waals surface area (Å²) in [6, 6.07) is 6.81. The van der Waals surface area contributed by atoms with Gasteiger partial charge in [0.2, 0.25) is 0 Å². The number of fused-ring (bicyclic) bond motifs is 4. The van der Waals surface area contributed by atoms with Gasteiger partial charge in [0, 0.05) is 5.41 Å². The van der Waals surface area contributed by atoms with Gasteiger partial charge in [0.25, 0.3) is 0 Å². The van der Waals surface area contributed by atoms with Crippen LogP contribution in [-0.4, -0.2) is 20.4 Å². The smallest absolute Gasteiger partial charge is 0.157 e. The highest BCUT2D eigenvalue weighted by Gasteiger charge is 2.49. The van der Waals surface area contributed by atoms with Gasteiger partial charge in [0.15, 0.2) is 23.0 Å². The molecule has 0 saturated heterocycles. The number of rotatable bonds is 0. The first-order valence-corrected chi connectivity index (χ1v) is 9.62. The van der Waals surface area contributed by atoms with Crippen LogP contribution in [0, 0.1) is 0 Å². The summed E-state index contributed by atoms with van der Waals surface area (Å²) in [7, 11) is 0. The highest BCUT2D eigenvalue weighted by atomic mass is 16.3. The molecular weight excluding hydrogens is 340 g/mol. The second-order valence-electron chi connectivity index (χ2n) is 9.62. The zero-order valence-corrected chi connectivity index (χ0v) is 16.4. The SMILES string of the molecule is CC1(C)CCC2(CCC(C)(C)c3cc(O)c(O)cc32)c2cc(O)c(O)cc21. The molecule has 0 bridgehead atoms. The molecule has 0 aliphatic heterocycles. The third-order valence-electron chi connectivity index (χ3n) is 7.07. The second-order valence-corrected chi connectivity index (χ2v) is 9.62. The van der Waals surface area contributed by atoms with Gasteiger partial charge in [-0.2, -0.15) is 0 Å². The molecule has 0 radical (unpaired) electrons. The normalized spacial score (nSPS) is 21.5. The van der Waals surface area contributed by atoms with Gasteiger partial charge in [-0.3, -0.25) is 0 Å². The van der Waals surface area contributed by atoms with Gasteiger partial charge < -0.3 is 20.4 Å². The maximum atomic E-state index is 10.3. The summed E-state index contributed by atoms with van der Waals surface area (Å²) < 4.78 is 0. The predicted octanol–water partition coefficient (Wildman–Crippen LogP) is 4.94. The third-order valence-corrected chi connectivity index (χ3v) is 7.07. The van der Waals surface area contributed by atoms with Crippen LogP contribution in [0.1, 0.15) is 75.6 Å². The molecule has 2 aliphatic carbocycles. The van der Waals surface area contributed by atoms with Crippen molar-refractivity contribution in [3.05, 3.63) is 46.5 Å². The van der Waals surface area contributed by atoms with Crippen LogP contribution in [-0.2, 0) is 16.2 Å². The number of benzene rings is 2. The van der Waals surface area contributed by atoms with E-state index in [-0.39, 0.29) is 39.2 Å². The van der Waals surface area contributed by atoms with Crippen molar-refractivity contribution in [2.24, 2.45) is 0 Å². The summed E-state index contributed by atoms with van der Waals surface area (Å²) in [6.45, 7) is 8.66. The first kappa shape index (κ1) is 18.0. The molecule has 0 heterocycles. The van der Waals surface area contributed by atoms with E-state index in [1.54, 1.807) is 24.3 Å². The number of phenols is 4. The van der Waals surface area contributed by atoms with Crippen LogP contribution in [0.3, 0.4) is 0 Å². The van der Waals surface area contributed by atoms with Crippen molar-refractivity contribution < 1.29 is 20.4 Å². The van der Waals surface area contributed by atoms with E-state index < -0.39 is 0 Å². The van der Waals surface area contributed by atoms with Gasteiger partial charge >= 0.3 is 0 Å². The molecule has 27 heavy (non-hydrogen) atoms. The van der Waals surface area contributed by atoms with Crippen LogP contribution in [0.15, 0.2) is 24.3 Å². The largest absolute Gasteiger partial charge is 0.504 e. The molecule has 4 nitrogen and oxygen atoms in total. The monoisotopic (exact) mass is 368 g/mol. The molecule has 0 atom stereocenters. The van der Waals surface area contributed by atoms with E-state index >= 15 is 0 Å². The Labute approximate surface area is 160 Å². The Morgan fingerprint density at radius 3 is 1.15 bits per heavy atom. The molecule has 144 valence electrons. The summed E-state index contributed by atoms with van der Waals surface area (Å²) in [5.74, 6) is -0.409. The summed E-state index contributed by atoms with van der Waals surface area (Å²) in [5.41, 5.74) is 3.57. The van der Waals surface area contributed by atoms with E-state index in [9.17, 15) is 20.4 Å². The second kappa shape index (κ2) is 5.34. The summed E-state index contributed by atoms with van der Waals surface area (Å²) in [6.07, 6.45) is 3.66. The number of aromatic hydroxyl groups is 4. The molecule has 2 aromatic rings. The lowest BCUT2D eigenvalue weighted by molar-refractivity contribution is 0.261. The number of hydrogen-bond donors (Lipinski definition) is 4. The van der Waals surface area contributed by atoms with Gasteiger partial charge in [0.05, 0.1) is 0 Å². The van der Waals surface area contributed by atoms with E-state index in [2.05, 4.69) is 27.7 Å². The van der Waals surface area contributed by atoms with Crippen LogP contribution in [0.25, 0.3) is 0 Å². The lowest BCUT2D eigenvalue weighted by Gasteiger charge is -2.51. The van der Waals surface area contributed by atoms with Crippen molar-refractivity contribution in [2.75, 3.05) is 0 Å². The van der Waals surface area contributed by atoms with Gasteiger partial charge in [0.1, 0.15) is 0 Å². The van der Waals surface area contributed by atoms with Crippen molar-refractivity contribution in [2.45, 2.75) is 69.6 Å². The van der Waals surface area contributed by atoms with E-state index in [1.807, 2.05) is 0 Å². The zero-order chi connectivity index (χ0) is 19.8. The van der Waals surface area contributed by atoms with E-state index in [1.165, 1.54) is 0 Å². The van der Waals surface area contributed by atoms with Gasteiger partial charge in [-0.25, -0.2) is 0 Å². The maximum absolute atomic E-state index is 10.3. The Morgan fingerprint density at radius 2 is 0.815 bits per heavy atom. The minimum Gasteiger partial charge on any atom is -0.504 e. The van der Waals surface area contributed by atoms with Crippen LogP contribution in [0.2, 0.25) is 0 Å². The standard InChI is InChI=1S/C23H28O4/c1-21(2)5-7-23(15-11-19(26)17(24)9-13(15)21)8-6-22(3,4)14-10-18(25)20(27)12-16(14)23/h9-12,24-27H,5-8H2,1-4H3. The molecule has 2 aliphatic rings. The van der Waals surface area contributed by atoms with Gasteiger partial charge in [-0.05, 0) is 83.0 Å². The Hall–Kier alpha value is -2.36. The molecule has 0 amide bonds. The highest BCUT2D eigenvalue weighted by Crippen LogP contribution is 2.59. The molecule has 0 saturated carbocycles. The Morgan fingerprint density at radius 1 is 0.519 bits per heavy atom. The predicted molar refractivity (Wildman–Crippen MR) is 105 cm³/mol. The van der Waals surface area contributed by atoms with Crippen molar-refractivity contribution in [1.82, 2.24) is 0 Å². The fourth-order valence-corrected chi connectivity index (χ4v) is 5.20. The van der Waals surface area contributed by atoms with Crippen LogP contribution in [0.5, 0.6) is 23.0 Å². The lowest BCUT2D eigenvalue weighted by Crippen LogP contribution is -2.44. The van der Waals surface area contributed by atoms with E-state index in [0.717, 1.165) is 47.9 Å². The minimum absolute atomic E-state index is 0.0937. The average molecular weight is 368 g/mol. The van der Waals surface area contributed by atoms with E-state index in [0.29, 0.717) is 0 Å². The first-order valence-electron chi connectivity index (χ1n) is 9.62. The highest BCUT2D eigenvalue weighted by molar-refractivity contribution is 5.61. The molecule has 1 spiro atoms. The lowest BCUT2D eigenvalue weighted by atomic mass is 9.52. The Bertz CT molecular complexity index is 862. The summed E-state index contributed by atoms with van der Waals surface area (Å²) in [5, 5.41) is 40.8. The zero-order valence-electron chi connectivity index (χ0n) is 16.4. The molecule has 4 heteroatoms. The fraction of sp³-hybridized carbons (Fsp3) is 0.478. The van der Waals surface area contributed by atoms with Crippen molar-refractivity contribution in [3.8, 4) is 23.0 Å². The fourth-order valence-electron chi connectivity index (χ4n) is 5.20. The molecule has 0 aromatic heterocycles. The Kier molecular flexibility index (Phi) is 3.56. The minimum atomic E-state index is -0.341. The van der Waals surface area contributed by atoms with Crippen LogP contribution in [0.4, 0.5) is 0 Å². The van der Waals surface area contributed by atoms with Crippen molar-refractivity contribution in [3.63, 3.8) is 0 Å².